The van der Waals surface area contributed by atoms with Crippen LogP contribution in [0.25, 0.3) is 0 Å². The Balaban J connectivity index is 1.82. The van der Waals surface area contributed by atoms with E-state index in [2.05, 4.69) is 66.0 Å². The standard InChI is InChI=1S/C35H46N2O4/c1-22(2)24-11-15-26(16-12-24)36-33(40)31(25-13-17-27(41-9)18-14-25)37-30(38)19-10-23-20-28(34(3,4)5)32(39)29(21-23)35(6,7)8/h11-18,20-22,31,39H,10,19H2,1-9H3,(H,36,40)(H,37,38)/t31-/m1/s1. The number of ether oxygens (including phenoxy) is 1. The van der Waals surface area contributed by atoms with Gasteiger partial charge in [-0.15, -0.1) is 0 Å². The van der Waals surface area contributed by atoms with Gasteiger partial charge in [0.15, 0.2) is 0 Å². The number of amides is 2. The molecule has 0 aliphatic carbocycles. The predicted molar refractivity (Wildman–Crippen MR) is 167 cm³/mol. The summed E-state index contributed by atoms with van der Waals surface area (Å²) < 4.78 is 5.27. The van der Waals surface area contributed by atoms with Crippen LogP contribution in [0.1, 0.15) is 102 Å². The van der Waals surface area contributed by atoms with Gasteiger partial charge in [-0.05, 0) is 75.3 Å². The summed E-state index contributed by atoms with van der Waals surface area (Å²) in [5.41, 5.74) is 4.69. The van der Waals surface area contributed by atoms with Crippen LogP contribution < -0.4 is 15.4 Å². The molecule has 2 amide bonds. The molecule has 0 aliphatic rings. The minimum Gasteiger partial charge on any atom is -0.507 e. The Morgan fingerprint density at radius 3 is 1.80 bits per heavy atom. The zero-order chi connectivity index (χ0) is 30.5. The highest BCUT2D eigenvalue weighted by Gasteiger charge is 2.27. The Morgan fingerprint density at radius 2 is 1.34 bits per heavy atom. The van der Waals surface area contributed by atoms with Crippen molar-refractivity contribution in [1.82, 2.24) is 5.32 Å². The van der Waals surface area contributed by atoms with Gasteiger partial charge in [-0.3, -0.25) is 9.59 Å². The van der Waals surface area contributed by atoms with Crippen LogP contribution in [0.2, 0.25) is 0 Å². The average Bonchev–Trinajstić information content (AvgIpc) is 2.90. The van der Waals surface area contributed by atoms with Crippen LogP contribution >= 0.6 is 0 Å². The Bertz CT molecular complexity index is 1310. The van der Waals surface area contributed by atoms with Crippen LogP contribution in [0.3, 0.4) is 0 Å². The van der Waals surface area contributed by atoms with Crippen molar-refractivity contribution >= 4 is 17.5 Å². The third-order valence-corrected chi connectivity index (χ3v) is 7.29. The van der Waals surface area contributed by atoms with E-state index in [1.165, 1.54) is 5.56 Å². The first-order chi connectivity index (χ1) is 19.1. The summed E-state index contributed by atoms with van der Waals surface area (Å²) in [6.07, 6.45) is 0.673. The maximum Gasteiger partial charge on any atom is 0.251 e. The number of phenols is 1. The third-order valence-electron chi connectivity index (χ3n) is 7.29. The van der Waals surface area contributed by atoms with Gasteiger partial charge in [-0.2, -0.15) is 0 Å². The molecule has 1 atom stereocenters. The highest BCUT2D eigenvalue weighted by atomic mass is 16.5. The van der Waals surface area contributed by atoms with E-state index in [0.29, 0.717) is 35.1 Å². The van der Waals surface area contributed by atoms with Gasteiger partial charge >= 0.3 is 0 Å². The summed E-state index contributed by atoms with van der Waals surface area (Å²) in [6, 6.07) is 18.0. The van der Waals surface area contributed by atoms with E-state index in [1.807, 2.05) is 36.4 Å². The van der Waals surface area contributed by atoms with Gasteiger partial charge in [-0.1, -0.05) is 91.8 Å². The van der Waals surface area contributed by atoms with Crippen molar-refractivity contribution in [3.05, 3.63) is 88.5 Å². The Kier molecular flexibility index (Phi) is 9.90. The minimum absolute atomic E-state index is 0.195. The molecule has 0 saturated heterocycles. The van der Waals surface area contributed by atoms with Crippen LogP contribution in [-0.4, -0.2) is 24.0 Å². The number of methoxy groups -OCH3 is 1. The molecular weight excluding hydrogens is 512 g/mol. The van der Waals surface area contributed by atoms with Gasteiger partial charge in [0, 0.05) is 12.1 Å². The first kappa shape index (κ1) is 31.7. The Labute approximate surface area is 245 Å². The van der Waals surface area contributed by atoms with E-state index in [1.54, 1.807) is 31.4 Å². The van der Waals surface area contributed by atoms with Crippen molar-refractivity contribution in [3.63, 3.8) is 0 Å². The molecule has 0 radical (unpaired) electrons. The molecule has 0 spiro atoms. The number of phenolic OH excluding ortho intramolecular Hbond substituents is 1. The Morgan fingerprint density at radius 1 is 0.829 bits per heavy atom. The van der Waals surface area contributed by atoms with Crippen molar-refractivity contribution in [2.24, 2.45) is 0 Å². The summed E-state index contributed by atoms with van der Waals surface area (Å²) in [6.45, 7) is 16.7. The molecule has 41 heavy (non-hydrogen) atoms. The molecule has 220 valence electrons. The van der Waals surface area contributed by atoms with Gasteiger partial charge in [0.2, 0.25) is 5.91 Å². The predicted octanol–water partition coefficient (Wildman–Crippen LogP) is 7.55. The first-order valence-corrected chi connectivity index (χ1v) is 14.3. The summed E-state index contributed by atoms with van der Waals surface area (Å²) in [5.74, 6) is 0.809. The zero-order valence-electron chi connectivity index (χ0n) is 26.0. The highest BCUT2D eigenvalue weighted by molar-refractivity contribution is 5.98. The molecule has 0 saturated carbocycles. The molecule has 0 unspecified atom stereocenters. The van der Waals surface area contributed by atoms with E-state index >= 15 is 0 Å². The second kappa shape index (κ2) is 12.8. The average molecular weight is 559 g/mol. The number of hydrogen-bond donors (Lipinski definition) is 3. The number of nitrogens with one attached hydrogen (secondary N) is 2. The summed E-state index contributed by atoms with van der Waals surface area (Å²) in [5, 5.41) is 16.9. The van der Waals surface area contributed by atoms with E-state index < -0.39 is 6.04 Å². The Hall–Kier alpha value is -3.80. The van der Waals surface area contributed by atoms with E-state index in [0.717, 1.165) is 16.7 Å². The molecular formula is C35H46N2O4. The molecule has 0 fully saturated rings. The lowest BCUT2D eigenvalue weighted by molar-refractivity contribution is -0.126. The van der Waals surface area contributed by atoms with Crippen LogP contribution in [0.4, 0.5) is 5.69 Å². The third kappa shape index (κ3) is 8.35. The van der Waals surface area contributed by atoms with Gasteiger partial charge in [0.05, 0.1) is 7.11 Å². The first-order valence-electron chi connectivity index (χ1n) is 14.3. The number of aromatic hydroxyl groups is 1. The molecule has 3 N–H and O–H groups in total. The summed E-state index contributed by atoms with van der Waals surface area (Å²) in [4.78, 5) is 26.7. The van der Waals surface area contributed by atoms with Crippen LogP contribution in [-0.2, 0) is 26.8 Å². The van der Waals surface area contributed by atoms with Crippen LogP contribution in [0, 0.1) is 0 Å². The van der Waals surface area contributed by atoms with E-state index in [4.69, 9.17) is 4.74 Å². The van der Waals surface area contributed by atoms with Gasteiger partial charge in [-0.25, -0.2) is 0 Å². The maximum atomic E-state index is 13.5. The largest absolute Gasteiger partial charge is 0.507 e. The van der Waals surface area contributed by atoms with Crippen molar-refractivity contribution in [1.29, 1.82) is 0 Å². The number of hydrogen-bond acceptors (Lipinski definition) is 4. The topological polar surface area (TPSA) is 87.7 Å². The normalized spacial score (nSPS) is 12.6. The number of anilines is 1. The fraction of sp³-hybridized carbons (Fsp3) is 0.429. The lowest BCUT2D eigenvalue weighted by atomic mass is 9.78. The SMILES string of the molecule is COc1ccc([C@@H](NC(=O)CCc2cc(C(C)(C)C)c(O)c(C(C)(C)C)c2)C(=O)Nc2ccc(C(C)C)cc2)cc1. The number of benzene rings is 3. The summed E-state index contributed by atoms with van der Waals surface area (Å²) in [7, 11) is 1.58. The second-order valence-corrected chi connectivity index (χ2v) is 13.1. The fourth-order valence-electron chi connectivity index (χ4n) is 4.74. The minimum atomic E-state index is -0.881. The number of rotatable bonds is 9. The molecule has 0 heterocycles. The van der Waals surface area contributed by atoms with Crippen molar-refractivity contribution in [2.75, 3.05) is 12.4 Å². The smallest absolute Gasteiger partial charge is 0.251 e. The summed E-state index contributed by atoms with van der Waals surface area (Å²) >= 11 is 0. The molecule has 6 nitrogen and oxygen atoms in total. The lowest BCUT2D eigenvalue weighted by Crippen LogP contribution is -2.37. The lowest BCUT2D eigenvalue weighted by Gasteiger charge is -2.28. The van der Waals surface area contributed by atoms with Crippen LogP contribution in [0.15, 0.2) is 60.7 Å². The number of carbonyl (C=O) groups is 2. The molecule has 3 rings (SSSR count). The molecule has 0 aliphatic heterocycles. The zero-order valence-corrected chi connectivity index (χ0v) is 26.0. The second-order valence-electron chi connectivity index (χ2n) is 13.1. The maximum absolute atomic E-state index is 13.5. The van der Waals surface area contributed by atoms with Crippen molar-refractivity contribution < 1.29 is 19.4 Å². The van der Waals surface area contributed by atoms with Gasteiger partial charge in [0.1, 0.15) is 17.5 Å². The van der Waals surface area contributed by atoms with Crippen molar-refractivity contribution in [3.8, 4) is 11.5 Å². The monoisotopic (exact) mass is 558 g/mol. The van der Waals surface area contributed by atoms with E-state index in [9.17, 15) is 14.7 Å². The molecule has 6 heteroatoms. The van der Waals surface area contributed by atoms with Gasteiger partial charge in [0.25, 0.3) is 5.91 Å². The van der Waals surface area contributed by atoms with Gasteiger partial charge < -0.3 is 20.5 Å². The fourth-order valence-corrected chi connectivity index (χ4v) is 4.74. The number of carbonyl (C=O) groups excluding carboxylic acids is 2. The molecule has 3 aromatic rings. The van der Waals surface area contributed by atoms with Crippen molar-refractivity contribution in [2.45, 2.75) is 91.0 Å². The molecule has 0 bridgehead atoms. The molecule has 0 aromatic heterocycles. The number of aryl methyl sites for hydroxylation is 1. The highest BCUT2D eigenvalue weighted by Crippen LogP contribution is 2.40. The molecule has 3 aromatic carbocycles. The quantitative estimate of drug-likeness (QED) is 0.253. The van der Waals surface area contributed by atoms with E-state index in [-0.39, 0.29) is 29.1 Å². The van der Waals surface area contributed by atoms with Crippen LogP contribution in [0.5, 0.6) is 11.5 Å².